The lowest BCUT2D eigenvalue weighted by Crippen LogP contribution is -2.47. The second kappa shape index (κ2) is 8.77. The Bertz CT molecular complexity index is 513. The number of methoxy groups -OCH3 is 2. The summed E-state index contributed by atoms with van der Waals surface area (Å²) in [4.78, 5) is 14.9. The van der Waals surface area contributed by atoms with Crippen LogP contribution < -0.4 is 14.8 Å². The Morgan fingerprint density at radius 1 is 1.26 bits per heavy atom. The predicted octanol–water partition coefficient (Wildman–Crippen LogP) is 2.24. The summed E-state index contributed by atoms with van der Waals surface area (Å²) in [5.74, 6) is 1.66. The third kappa shape index (κ3) is 4.61. The topological polar surface area (TPSA) is 50.8 Å². The maximum Gasteiger partial charge on any atom is 0.227 e. The number of nitrogens with zero attached hydrogens (tertiary/aromatic N) is 1. The molecule has 0 aliphatic carbocycles. The van der Waals surface area contributed by atoms with Crippen molar-refractivity contribution < 1.29 is 14.3 Å². The molecule has 1 aliphatic heterocycles. The van der Waals surface area contributed by atoms with E-state index in [-0.39, 0.29) is 5.91 Å². The van der Waals surface area contributed by atoms with Crippen molar-refractivity contribution in [2.45, 2.75) is 38.6 Å². The molecule has 1 heterocycles. The highest BCUT2D eigenvalue weighted by Crippen LogP contribution is 2.25. The maximum atomic E-state index is 12.9. The molecular formula is C18H28N2O3. The third-order valence-electron chi connectivity index (χ3n) is 4.36. The Labute approximate surface area is 139 Å². The molecule has 0 aromatic heterocycles. The zero-order valence-corrected chi connectivity index (χ0v) is 14.4. The number of hydrogen-bond acceptors (Lipinski definition) is 4. The average Bonchev–Trinajstić information content (AvgIpc) is 2.60. The molecule has 1 fully saturated rings. The molecule has 1 saturated heterocycles. The highest BCUT2D eigenvalue weighted by Gasteiger charge is 2.25. The standard InChI is InChI=1S/C18H28N2O3/c1-4-11-20(15-7-9-19-10-8-15)18(21)13-14-12-16(22-2)5-6-17(14)23-3/h5-6,12,15,19H,4,7-11,13H2,1-3H3. The van der Waals surface area contributed by atoms with Crippen LogP contribution in [-0.4, -0.2) is 50.7 Å². The molecule has 0 spiro atoms. The summed E-state index contributed by atoms with van der Waals surface area (Å²) >= 11 is 0. The van der Waals surface area contributed by atoms with Crippen molar-refractivity contribution in [1.29, 1.82) is 0 Å². The average molecular weight is 320 g/mol. The van der Waals surface area contributed by atoms with Gasteiger partial charge in [-0.1, -0.05) is 6.92 Å². The van der Waals surface area contributed by atoms with Gasteiger partial charge in [0.15, 0.2) is 0 Å². The molecule has 1 amide bonds. The van der Waals surface area contributed by atoms with E-state index in [1.165, 1.54) is 0 Å². The van der Waals surface area contributed by atoms with Crippen molar-refractivity contribution in [1.82, 2.24) is 10.2 Å². The van der Waals surface area contributed by atoms with Crippen LogP contribution in [0, 0.1) is 0 Å². The summed E-state index contributed by atoms with van der Waals surface area (Å²) < 4.78 is 10.7. The second-order valence-electron chi connectivity index (χ2n) is 5.92. The Morgan fingerprint density at radius 3 is 2.61 bits per heavy atom. The van der Waals surface area contributed by atoms with Gasteiger partial charge in [0.1, 0.15) is 11.5 Å². The van der Waals surface area contributed by atoms with E-state index in [1.807, 2.05) is 18.2 Å². The van der Waals surface area contributed by atoms with E-state index >= 15 is 0 Å². The van der Waals surface area contributed by atoms with E-state index in [9.17, 15) is 4.79 Å². The van der Waals surface area contributed by atoms with Gasteiger partial charge in [-0.3, -0.25) is 4.79 Å². The van der Waals surface area contributed by atoms with Crippen molar-refractivity contribution in [3.05, 3.63) is 23.8 Å². The van der Waals surface area contributed by atoms with Crippen LogP contribution in [0.15, 0.2) is 18.2 Å². The molecule has 1 aromatic rings. The number of carbonyl (C=O) groups is 1. The van der Waals surface area contributed by atoms with Gasteiger partial charge in [0.25, 0.3) is 0 Å². The highest BCUT2D eigenvalue weighted by molar-refractivity contribution is 5.80. The fourth-order valence-corrected chi connectivity index (χ4v) is 3.15. The normalized spacial score (nSPS) is 15.3. The fourth-order valence-electron chi connectivity index (χ4n) is 3.15. The zero-order chi connectivity index (χ0) is 16.7. The first-order valence-corrected chi connectivity index (χ1v) is 8.40. The summed E-state index contributed by atoms with van der Waals surface area (Å²) in [6, 6.07) is 5.95. The molecule has 5 heteroatoms. The lowest BCUT2D eigenvalue weighted by atomic mass is 10.0. The number of piperidine rings is 1. The molecule has 5 nitrogen and oxygen atoms in total. The molecule has 0 unspecified atom stereocenters. The first kappa shape index (κ1) is 17.6. The largest absolute Gasteiger partial charge is 0.497 e. The molecule has 128 valence electrons. The molecule has 0 radical (unpaired) electrons. The van der Waals surface area contributed by atoms with Crippen LogP contribution in [0.5, 0.6) is 11.5 Å². The van der Waals surface area contributed by atoms with E-state index in [0.29, 0.717) is 12.5 Å². The van der Waals surface area contributed by atoms with E-state index in [1.54, 1.807) is 14.2 Å². The van der Waals surface area contributed by atoms with E-state index in [4.69, 9.17) is 9.47 Å². The number of rotatable bonds is 7. The van der Waals surface area contributed by atoms with E-state index < -0.39 is 0 Å². The fraction of sp³-hybridized carbons (Fsp3) is 0.611. The minimum Gasteiger partial charge on any atom is -0.497 e. The third-order valence-corrected chi connectivity index (χ3v) is 4.36. The molecule has 1 aromatic carbocycles. The molecule has 1 aliphatic rings. The van der Waals surface area contributed by atoms with Gasteiger partial charge in [0.2, 0.25) is 5.91 Å². The first-order chi connectivity index (χ1) is 11.2. The lowest BCUT2D eigenvalue weighted by molar-refractivity contribution is -0.133. The van der Waals surface area contributed by atoms with Crippen LogP contribution in [0.2, 0.25) is 0 Å². The van der Waals surface area contributed by atoms with Crippen molar-refractivity contribution in [2.24, 2.45) is 0 Å². The molecule has 2 rings (SSSR count). The van der Waals surface area contributed by atoms with Crippen molar-refractivity contribution in [3.63, 3.8) is 0 Å². The van der Waals surface area contributed by atoms with Gasteiger partial charge in [-0.05, 0) is 50.6 Å². The summed E-state index contributed by atoms with van der Waals surface area (Å²) in [6.07, 6.45) is 3.39. The lowest BCUT2D eigenvalue weighted by Gasteiger charge is -2.34. The van der Waals surface area contributed by atoms with Gasteiger partial charge in [-0.15, -0.1) is 0 Å². The Morgan fingerprint density at radius 2 is 2.00 bits per heavy atom. The second-order valence-corrected chi connectivity index (χ2v) is 5.92. The van der Waals surface area contributed by atoms with Crippen molar-refractivity contribution in [2.75, 3.05) is 33.9 Å². The zero-order valence-electron chi connectivity index (χ0n) is 14.4. The Kier molecular flexibility index (Phi) is 6.71. The minimum absolute atomic E-state index is 0.172. The number of amides is 1. The molecular weight excluding hydrogens is 292 g/mol. The number of hydrogen-bond donors (Lipinski definition) is 1. The van der Waals surface area contributed by atoms with Crippen LogP contribution in [0.1, 0.15) is 31.7 Å². The number of benzene rings is 1. The highest BCUT2D eigenvalue weighted by atomic mass is 16.5. The number of ether oxygens (including phenoxy) is 2. The van der Waals surface area contributed by atoms with E-state index in [0.717, 1.165) is 56.0 Å². The predicted molar refractivity (Wildman–Crippen MR) is 91.1 cm³/mol. The number of nitrogens with one attached hydrogen (secondary N) is 1. The van der Waals surface area contributed by atoms with E-state index in [2.05, 4.69) is 17.1 Å². The summed E-state index contributed by atoms with van der Waals surface area (Å²) in [6.45, 7) is 4.91. The van der Waals surface area contributed by atoms with Gasteiger partial charge >= 0.3 is 0 Å². The summed E-state index contributed by atoms with van der Waals surface area (Å²) in [7, 11) is 3.26. The molecule has 1 N–H and O–H groups in total. The molecule has 23 heavy (non-hydrogen) atoms. The van der Waals surface area contributed by atoms with Crippen LogP contribution in [-0.2, 0) is 11.2 Å². The smallest absolute Gasteiger partial charge is 0.227 e. The molecule has 0 saturated carbocycles. The minimum atomic E-state index is 0.172. The number of carbonyl (C=O) groups excluding carboxylic acids is 1. The van der Waals surface area contributed by atoms with Gasteiger partial charge in [-0.2, -0.15) is 0 Å². The van der Waals surface area contributed by atoms with Gasteiger partial charge in [0, 0.05) is 18.2 Å². The quantitative estimate of drug-likeness (QED) is 0.837. The van der Waals surface area contributed by atoms with Crippen LogP contribution in [0.25, 0.3) is 0 Å². The van der Waals surface area contributed by atoms with Crippen LogP contribution in [0.3, 0.4) is 0 Å². The SMILES string of the molecule is CCCN(C(=O)Cc1cc(OC)ccc1OC)C1CCNCC1. The monoisotopic (exact) mass is 320 g/mol. The van der Waals surface area contributed by atoms with Crippen LogP contribution in [0.4, 0.5) is 0 Å². The Balaban J connectivity index is 2.14. The first-order valence-electron chi connectivity index (χ1n) is 8.40. The molecule has 0 bridgehead atoms. The maximum absolute atomic E-state index is 12.9. The van der Waals surface area contributed by atoms with Gasteiger partial charge in [0.05, 0.1) is 20.6 Å². The summed E-state index contributed by atoms with van der Waals surface area (Å²) in [5.41, 5.74) is 0.881. The summed E-state index contributed by atoms with van der Waals surface area (Å²) in [5, 5.41) is 3.36. The Hall–Kier alpha value is -1.75. The van der Waals surface area contributed by atoms with Crippen molar-refractivity contribution >= 4 is 5.91 Å². The van der Waals surface area contributed by atoms with Gasteiger partial charge in [-0.25, -0.2) is 0 Å². The molecule has 0 atom stereocenters. The van der Waals surface area contributed by atoms with Crippen molar-refractivity contribution in [3.8, 4) is 11.5 Å². The van der Waals surface area contributed by atoms with Gasteiger partial charge < -0.3 is 19.7 Å². The van der Waals surface area contributed by atoms with Crippen LogP contribution >= 0.6 is 0 Å².